The van der Waals surface area contributed by atoms with Gasteiger partial charge in [0.1, 0.15) is 11.4 Å². The second-order valence-corrected chi connectivity index (χ2v) is 8.08. The summed E-state index contributed by atoms with van der Waals surface area (Å²) < 4.78 is 18.6. The molecule has 2 aliphatic carbocycles. The highest BCUT2D eigenvalue weighted by Gasteiger charge is 2.31. The van der Waals surface area contributed by atoms with Gasteiger partial charge in [-0.3, -0.25) is 9.89 Å². The second-order valence-electron chi connectivity index (χ2n) is 8.08. The molecule has 0 bridgehead atoms. The standard InChI is InChI=1S/C21H27FN2O2/c1-21(2,3)26-20(25)24(4)17-10-12-19-15(13-17)7-11-18(23-19)14-5-8-16(22)9-6-14/h5,7-8,10-11,15,19H,6,9,12-13H2,1-4H3/t15?,19-/m0/s1. The molecule has 5 heteroatoms. The van der Waals surface area contributed by atoms with E-state index in [0.717, 1.165) is 29.8 Å². The van der Waals surface area contributed by atoms with Crippen LogP contribution in [0, 0.1) is 5.92 Å². The summed E-state index contributed by atoms with van der Waals surface area (Å²) >= 11 is 0. The minimum Gasteiger partial charge on any atom is -0.443 e. The van der Waals surface area contributed by atoms with Crippen molar-refractivity contribution in [3.05, 3.63) is 47.5 Å². The number of ether oxygens (including phenoxy) is 1. The molecular weight excluding hydrogens is 331 g/mol. The average Bonchev–Trinajstić information content (AvgIpc) is 2.59. The highest BCUT2D eigenvalue weighted by Crippen LogP contribution is 2.33. The van der Waals surface area contributed by atoms with Crippen molar-refractivity contribution in [2.45, 2.75) is 58.1 Å². The van der Waals surface area contributed by atoms with E-state index in [1.54, 1.807) is 11.9 Å². The van der Waals surface area contributed by atoms with Gasteiger partial charge in [-0.2, -0.15) is 0 Å². The highest BCUT2D eigenvalue weighted by atomic mass is 19.1. The van der Waals surface area contributed by atoms with Crippen molar-refractivity contribution in [1.29, 1.82) is 0 Å². The molecule has 0 N–H and O–H groups in total. The molecule has 1 unspecified atom stereocenters. The number of hydrogen-bond donors (Lipinski definition) is 0. The third-order valence-electron chi connectivity index (χ3n) is 4.87. The zero-order valence-corrected chi connectivity index (χ0v) is 16.0. The Morgan fingerprint density at radius 1 is 1.31 bits per heavy atom. The van der Waals surface area contributed by atoms with E-state index in [1.807, 2.05) is 32.9 Å². The average molecular weight is 358 g/mol. The van der Waals surface area contributed by atoms with Crippen molar-refractivity contribution in [2.75, 3.05) is 7.05 Å². The molecule has 4 nitrogen and oxygen atoms in total. The van der Waals surface area contributed by atoms with Crippen LogP contribution < -0.4 is 0 Å². The van der Waals surface area contributed by atoms with Crippen LogP contribution in [0.5, 0.6) is 0 Å². The van der Waals surface area contributed by atoms with Gasteiger partial charge in [0.25, 0.3) is 0 Å². The molecule has 0 aromatic rings. The van der Waals surface area contributed by atoms with Crippen LogP contribution in [-0.2, 0) is 4.74 Å². The first kappa shape index (κ1) is 18.6. The molecule has 0 aromatic carbocycles. The molecule has 26 heavy (non-hydrogen) atoms. The Labute approximate surface area is 154 Å². The molecule has 1 heterocycles. The number of hydrogen-bond acceptors (Lipinski definition) is 3. The Balaban J connectivity index is 1.68. The maximum atomic E-state index is 13.2. The predicted molar refractivity (Wildman–Crippen MR) is 102 cm³/mol. The molecule has 3 aliphatic rings. The Morgan fingerprint density at radius 2 is 2.08 bits per heavy atom. The largest absolute Gasteiger partial charge is 0.443 e. The van der Waals surface area contributed by atoms with Crippen LogP contribution in [0.3, 0.4) is 0 Å². The van der Waals surface area contributed by atoms with Crippen molar-refractivity contribution >= 4 is 11.8 Å². The van der Waals surface area contributed by atoms with Gasteiger partial charge in [0.2, 0.25) is 0 Å². The van der Waals surface area contributed by atoms with E-state index in [0.29, 0.717) is 12.8 Å². The van der Waals surface area contributed by atoms with Gasteiger partial charge in [-0.05, 0) is 57.8 Å². The van der Waals surface area contributed by atoms with Crippen LogP contribution in [0.4, 0.5) is 9.18 Å². The normalized spacial score (nSPS) is 25.4. The number of dihydropyridines is 1. The van der Waals surface area contributed by atoms with Crippen LogP contribution in [0.15, 0.2) is 52.5 Å². The van der Waals surface area contributed by atoms with E-state index < -0.39 is 5.60 Å². The number of carbonyl (C=O) groups is 1. The van der Waals surface area contributed by atoms with Gasteiger partial charge in [0.05, 0.1) is 11.8 Å². The smallest absolute Gasteiger partial charge is 0.414 e. The molecule has 0 aromatic heterocycles. The molecule has 0 saturated carbocycles. The maximum absolute atomic E-state index is 13.2. The molecule has 1 aliphatic heterocycles. The number of nitrogens with zero attached hydrogens (tertiary/aromatic N) is 2. The molecule has 3 rings (SSSR count). The van der Waals surface area contributed by atoms with E-state index in [2.05, 4.69) is 12.2 Å². The first-order valence-electron chi connectivity index (χ1n) is 9.20. The Morgan fingerprint density at radius 3 is 2.73 bits per heavy atom. The number of aliphatic imine (C=N–C) groups is 1. The lowest BCUT2D eigenvalue weighted by Gasteiger charge is -2.34. The number of allylic oxidation sites excluding steroid dienone is 6. The Bertz CT molecular complexity index is 738. The SMILES string of the molecule is CN(C(=O)OC(C)(C)C)C1=CC[C@@H]2N=C(C3=CC=C(F)CC3)C=CC2C1. The molecule has 2 atom stereocenters. The number of carbonyl (C=O) groups excluding carboxylic acids is 1. The molecule has 140 valence electrons. The minimum atomic E-state index is -0.505. The topological polar surface area (TPSA) is 41.9 Å². The molecular formula is C21H27FN2O2. The van der Waals surface area contributed by atoms with Gasteiger partial charge < -0.3 is 4.74 Å². The van der Waals surface area contributed by atoms with Crippen molar-refractivity contribution < 1.29 is 13.9 Å². The molecule has 0 fully saturated rings. The summed E-state index contributed by atoms with van der Waals surface area (Å²) in [4.78, 5) is 18.8. The highest BCUT2D eigenvalue weighted by molar-refractivity contribution is 6.09. The lowest BCUT2D eigenvalue weighted by Crippen LogP contribution is -2.36. The van der Waals surface area contributed by atoms with Gasteiger partial charge in [-0.25, -0.2) is 9.18 Å². The van der Waals surface area contributed by atoms with Gasteiger partial charge in [0, 0.05) is 25.1 Å². The second kappa shape index (κ2) is 7.22. The quantitative estimate of drug-likeness (QED) is 0.689. The van der Waals surface area contributed by atoms with Crippen LogP contribution in [0.2, 0.25) is 0 Å². The van der Waals surface area contributed by atoms with Crippen LogP contribution in [-0.4, -0.2) is 35.4 Å². The summed E-state index contributed by atoms with van der Waals surface area (Å²) in [5.41, 5.74) is 2.54. The van der Waals surface area contributed by atoms with E-state index in [-0.39, 0.29) is 23.9 Å². The zero-order chi connectivity index (χ0) is 18.9. The third-order valence-corrected chi connectivity index (χ3v) is 4.87. The van der Waals surface area contributed by atoms with Crippen LogP contribution in [0.25, 0.3) is 0 Å². The molecule has 1 amide bonds. The minimum absolute atomic E-state index is 0.0672. The summed E-state index contributed by atoms with van der Waals surface area (Å²) in [5, 5.41) is 0. The maximum Gasteiger partial charge on any atom is 0.414 e. The van der Waals surface area contributed by atoms with E-state index in [4.69, 9.17) is 9.73 Å². The van der Waals surface area contributed by atoms with Crippen molar-refractivity contribution in [3.63, 3.8) is 0 Å². The zero-order valence-electron chi connectivity index (χ0n) is 16.0. The summed E-state index contributed by atoms with van der Waals surface area (Å²) in [6, 6.07) is 0.183. The Kier molecular flexibility index (Phi) is 5.17. The monoisotopic (exact) mass is 358 g/mol. The van der Waals surface area contributed by atoms with E-state index >= 15 is 0 Å². The van der Waals surface area contributed by atoms with Gasteiger partial charge >= 0.3 is 6.09 Å². The summed E-state index contributed by atoms with van der Waals surface area (Å²) in [7, 11) is 1.76. The first-order chi connectivity index (χ1) is 12.2. The van der Waals surface area contributed by atoms with Gasteiger partial charge in [0.15, 0.2) is 0 Å². The lowest BCUT2D eigenvalue weighted by atomic mass is 9.83. The molecule has 0 spiro atoms. The predicted octanol–water partition coefficient (Wildman–Crippen LogP) is 5.10. The fraction of sp³-hybridized carbons (Fsp3) is 0.524. The van der Waals surface area contributed by atoms with Crippen molar-refractivity contribution in [2.24, 2.45) is 10.9 Å². The first-order valence-corrected chi connectivity index (χ1v) is 9.20. The van der Waals surface area contributed by atoms with Crippen LogP contribution >= 0.6 is 0 Å². The number of halogens is 1. The van der Waals surface area contributed by atoms with E-state index in [9.17, 15) is 9.18 Å². The third kappa shape index (κ3) is 4.32. The number of rotatable bonds is 2. The van der Waals surface area contributed by atoms with Crippen molar-refractivity contribution in [3.8, 4) is 0 Å². The molecule has 0 radical (unpaired) electrons. The lowest BCUT2D eigenvalue weighted by molar-refractivity contribution is 0.0342. The fourth-order valence-corrected chi connectivity index (χ4v) is 3.41. The summed E-state index contributed by atoms with van der Waals surface area (Å²) in [5.74, 6) is 0.211. The summed E-state index contributed by atoms with van der Waals surface area (Å²) in [6.07, 6.45) is 12.1. The summed E-state index contributed by atoms with van der Waals surface area (Å²) in [6.45, 7) is 5.60. The van der Waals surface area contributed by atoms with Crippen molar-refractivity contribution in [1.82, 2.24) is 4.90 Å². The van der Waals surface area contributed by atoms with Gasteiger partial charge in [-0.15, -0.1) is 0 Å². The van der Waals surface area contributed by atoms with Gasteiger partial charge in [-0.1, -0.05) is 18.2 Å². The number of amides is 1. The fourth-order valence-electron chi connectivity index (χ4n) is 3.41. The molecule has 0 saturated heterocycles. The van der Waals surface area contributed by atoms with Crippen LogP contribution in [0.1, 0.15) is 46.5 Å². The van der Waals surface area contributed by atoms with E-state index in [1.165, 1.54) is 6.08 Å². The Hall–Kier alpha value is -2.17. The number of fused-ring (bicyclic) bond motifs is 1.